The van der Waals surface area contributed by atoms with Crippen molar-refractivity contribution in [3.05, 3.63) is 100 Å². The van der Waals surface area contributed by atoms with Gasteiger partial charge in [-0.1, -0.05) is 79.2 Å². The van der Waals surface area contributed by atoms with E-state index in [0.717, 1.165) is 26.2 Å². The lowest BCUT2D eigenvalue weighted by Crippen LogP contribution is -2.54. The molecule has 0 aliphatic rings. The summed E-state index contributed by atoms with van der Waals surface area (Å²) in [6.07, 6.45) is 0.972. The second-order valence-corrected chi connectivity index (χ2v) is 12.7. The van der Waals surface area contributed by atoms with E-state index in [0.29, 0.717) is 28.4 Å². The Kier molecular flexibility index (Phi) is 11.3. The minimum atomic E-state index is -4.07. The number of amides is 2. The minimum absolute atomic E-state index is 0.0260. The van der Waals surface area contributed by atoms with Crippen LogP contribution in [0.2, 0.25) is 5.02 Å². The maximum absolute atomic E-state index is 14.3. The first-order chi connectivity index (χ1) is 19.4. The van der Waals surface area contributed by atoms with E-state index in [-0.39, 0.29) is 18.9 Å². The number of hydrogen-bond acceptors (Lipinski definition) is 4. The van der Waals surface area contributed by atoms with E-state index >= 15 is 0 Å². The normalized spacial score (nSPS) is 12.2. The Hall–Kier alpha value is -3.40. The smallest absolute Gasteiger partial charge is 0.304 e. The fraction of sp³-hybridized carbons (Fsp3) is 0.355. The summed E-state index contributed by atoms with van der Waals surface area (Å²) in [4.78, 5) is 29.4. The number of carbonyl (C=O) groups excluding carboxylic acids is 2. The highest BCUT2D eigenvalue weighted by Crippen LogP contribution is 2.27. The summed E-state index contributed by atoms with van der Waals surface area (Å²) in [5.74, 6) is -0.839. The van der Waals surface area contributed by atoms with Gasteiger partial charge < -0.3 is 10.2 Å². The van der Waals surface area contributed by atoms with Gasteiger partial charge in [-0.3, -0.25) is 9.59 Å². The summed E-state index contributed by atoms with van der Waals surface area (Å²) in [7, 11) is -1.21. The summed E-state index contributed by atoms with van der Waals surface area (Å²) in [5, 5.41) is 3.38. The Labute approximate surface area is 249 Å². The highest BCUT2D eigenvalue weighted by atomic mass is 35.5. The van der Waals surface area contributed by atoms with E-state index in [9.17, 15) is 18.0 Å². The van der Waals surface area contributed by atoms with E-state index < -0.39 is 28.7 Å². The molecule has 0 aromatic heterocycles. The van der Waals surface area contributed by atoms with Crippen LogP contribution in [0.5, 0.6) is 0 Å². The molecule has 0 aliphatic carbocycles. The Morgan fingerprint density at radius 3 is 2.24 bits per heavy atom. The average molecular weight is 599 g/mol. The zero-order valence-electron chi connectivity index (χ0n) is 24.3. The van der Waals surface area contributed by atoms with Crippen LogP contribution in [0.4, 0.5) is 5.69 Å². The molecular formula is C31H39ClN4O4S. The summed E-state index contributed by atoms with van der Waals surface area (Å²) in [6, 6.07) is 21.1. The van der Waals surface area contributed by atoms with Crippen molar-refractivity contribution in [3.8, 4) is 0 Å². The van der Waals surface area contributed by atoms with Gasteiger partial charge in [-0.05, 0) is 54.7 Å². The van der Waals surface area contributed by atoms with Crippen LogP contribution in [-0.4, -0.2) is 62.7 Å². The van der Waals surface area contributed by atoms with Crippen LogP contribution < -0.4 is 9.62 Å². The predicted octanol–water partition coefficient (Wildman–Crippen LogP) is 4.74. The average Bonchev–Trinajstić information content (AvgIpc) is 2.94. The number of aryl methyl sites for hydroxylation is 2. The van der Waals surface area contributed by atoms with Crippen molar-refractivity contribution in [1.29, 1.82) is 0 Å². The van der Waals surface area contributed by atoms with Gasteiger partial charge in [0.1, 0.15) is 12.6 Å². The van der Waals surface area contributed by atoms with Gasteiger partial charge >= 0.3 is 10.2 Å². The maximum atomic E-state index is 14.3. The summed E-state index contributed by atoms with van der Waals surface area (Å²) >= 11 is 6.50. The molecule has 1 N–H and O–H groups in total. The van der Waals surface area contributed by atoms with Crippen molar-refractivity contribution >= 4 is 39.3 Å². The van der Waals surface area contributed by atoms with Crippen LogP contribution in [0.25, 0.3) is 0 Å². The molecule has 10 heteroatoms. The molecule has 8 nitrogen and oxygen atoms in total. The largest absolute Gasteiger partial charge is 0.354 e. The lowest BCUT2D eigenvalue weighted by molar-refractivity contribution is -0.140. The zero-order chi connectivity index (χ0) is 30.2. The van der Waals surface area contributed by atoms with Gasteiger partial charge in [0, 0.05) is 38.6 Å². The molecule has 0 bridgehead atoms. The topological polar surface area (TPSA) is 90.0 Å². The maximum Gasteiger partial charge on any atom is 0.304 e. The van der Waals surface area contributed by atoms with Gasteiger partial charge in [0.15, 0.2) is 0 Å². The Balaban J connectivity index is 2.13. The van der Waals surface area contributed by atoms with Gasteiger partial charge in [0.2, 0.25) is 11.8 Å². The molecule has 3 aromatic carbocycles. The van der Waals surface area contributed by atoms with E-state index in [4.69, 9.17) is 11.6 Å². The van der Waals surface area contributed by atoms with Gasteiger partial charge in [-0.25, -0.2) is 4.31 Å². The van der Waals surface area contributed by atoms with Crippen molar-refractivity contribution in [2.24, 2.45) is 0 Å². The van der Waals surface area contributed by atoms with Gasteiger partial charge in [0.05, 0.1) is 5.69 Å². The number of halogens is 1. The molecule has 3 aromatic rings. The molecule has 0 saturated heterocycles. The summed E-state index contributed by atoms with van der Waals surface area (Å²) in [6.45, 7) is 5.59. The number of nitrogens with zero attached hydrogens (tertiary/aromatic N) is 3. The molecule has 0 fully saturated rings. The van der Waals surface area contributed by atoms with Crippen LogP contribution in [0.1, 0.15) is 35.6 Å². The summed E-state index contributed by atoms with van der Waals surface area (Å²) < 4.78 is 29.4. The molecule has 1 atom stereocenters. The third-order valence-corrected chi connectivity index (χ3v) is 8.95. The van der Waals surface area contributed by atoms with Gasteiger partial charge in [-0.15, -0.1) is 0 Å². The Morgan fingerprint density at radius 2 is 1.61 bits per heavy atom. The SMILES string of the molecule is CCCNC(=O)[C@@H](Cc1ccccc1)N(Cc1ccccc1Cl)C(=O)CN(c1cc(C)ccc1C)S(=O)(=O)N(C)C. The van der Waals surface area contributed by atoms with Crippen LogP contribution in [0, 0.1) is 13.8 Å². The number of carbonyl (C=O) groups is 2. The number of hydrogen-bond donors (Lipinski definition) is 1. The number of benzene rings is 3. The quantitative estimate of drug-likeness (QED) is 0.308. The standard InChI is InChI=1S/C31H39ClN4O4S/c1-6-18-33-31(38)29(20-25-12-8-7-9-13-25)35(21-26-14-10-11-15-27(26)32)30(37)22-36(41(39,40)34(4)5)28-19-23(2)16-17-24(28)3/h7-17,19,29H,6,18,20-22H2,1-5H3,(H,33,38)/t29-/m1/s1. The van der Waals surface area contributed by atoms with Gasteiger partial charge in [-0.2, -0.15) is 12.7 Å². The fourth-order valence-corrected chi connectivity index (χ4v) is 5.73. The molecule has 0 saturated carbocycles. The molecule has 0 radical (unpaired) electrons. The lowest BCUT2D eigenvalue weighted by atomic mass is 10.0. The third kappa shape index (κ3) is 8.31. The van der Waals surface area contributed by atoms with Crippen molar-refractivity contribution in [2.75, 3.05) is 31.5 Å². The van der Waals surface area contributed by atoms with Crippen molar-refractivity contribution < 1.29 is 18.0 Å². The Morgan fingerprint density at radius 1 is 0.951 bits per heavy atom. The molecule has 220 valence electrons. The second-order valence-electron chi connectivity index (χ2n) is 10.2. The minimum Gasteiger partial charge on any atom is -0.354 e. The predicted molar refractivity (Wildman–Crippen MR) is 165 cm³/mol. The lowest BCUT2D eigenvalue weighted by Gasteiger charge is -2.35. The number of anilines is 1. The van der Waals surface area contributed by atoms with Crippen LogP contribution in [0.15, 0.2) is 72.8 Å². The molecule has 3 rings (SSSR count). The van der Waals surface area contributed by atoms with E-state index in [2.05, 4.69) is 5.32 Å². The molecule has 2 amide bonds. The third-order valence-electron chi connectivity index (χ3n) is 6.77. The molecule has 0 unspecified atom stereocenters. The van der Waals surface area contributed by atoms with Gasteiger partial charge in [0.25, 0.3) is 0 Å². The first-order valence-electron chi connectivity index (χ1n) is 13.6. The number of nitrogens with one attached hydrogen (secondary N) is 1. The molecule has 41 heavy (non-hydrogen) atoms. The van der Waals surface area contributed by atoms with E-state index in [1.165, 1.54) is 19.0 Å². The monoisotopic (exact) mass is 598 g/mol. The molecule has 0 aliphatic heterocycles. The molecular weight excluding hydrogens is 560 g/mol. The highest BCUT2D eigenvalue weighted by Gasteiger charge is 2.35. The first kappa shape index (κ1) is 32.1. The van der Waals surface area contributed by atoms with Crippen LogP contribution >= 0.6 is 11.6 Å². The zero-order valence-corrected chi connectivity index (χ0v) is 25.9. The second kappa shape index (κ2) is 14.5. The van der Waals surface area contributed by atoms with Crippen molar-refractivity contribution in [2.45, 2.75) is 46.2 Å². The van der Waals surface area contributed by atoms with Crippen LogP contribution in [-0.2, 0) is 32.8 Å². The van der Waals surface area contributed by atoms with Crippen molar-refractivity contribution in [3.63, 3.8) is 0 Å². The first-order valence-corrected chi connectivity index (χ1v) is 15.3. The Bertz CT molecular complexity index is 1450. The van der Waals surface area contributed by atoms with Crippen LogP contribution in [0.3, 0.4) is 0 Å². The van der Waals surface area contributed by atoms with E-state index in [1.807, 2.05) is 62.4 Å². The number of rotatable bonds is 13. The molecule has 0 spiro atoms. The highest BCUT2D eigenvalue weighted by molar-refractivity contribution is 7.90. The van der Waals surface area contributed by atoms with Crippen molar-refractivity contribution in [1.82, 2.24) is 14.5 Å². The molecule has 0 heterocycles. The summed E-state index contributed by atoms with van der Waals surface area (Å²) in [5.41, 5.74) is 3.48. The van der Waals surface area contributed by atoms with E-state index in [1.54, 1.807) is 31.2 Å². The fourth-order valence-electron chi connectivity index (χ4n) is 4.42.